The van der Waals surface area contributed by atoms with E-state index in [2.05, 4.69) is 0 Å². The molecular formula is C16H21NO5. The molecule has 1 N–H and O–H groups in total. The van der Waals surface area contributed by atoms with Gasteiger partial charge in [0.1, 0.15) is 0 Å². The van der Waals surface area contributed by atoms with Crippen molar-refractivity contribution >= 4 is 11.9 Å². The molecule has 1 aliphatic rings. The van der Waals surface area contributed by atoms with Crippen LogP contribution in [0.3, 0.4) is 0 Å². The van der Waals surface area contributed by atoms with Gasteiger partial charge in [0, 0.05) is 13.1 Å². The van der Waals surface area contributed by atoms with Crippen LogP contribution in [0.15, 0.2) is 24.3 Å². The predicted octanol–water partition coefficient (Wildman–Crippen LogP) is 1.79. The van der Waals surface area contributed by atoms with Gasteiger partial charge in [-0.1, -0.05) is 12.1 Å². The summed E-state index contributed by atoms with van der Waals surface area (Å²) in [6, 6.07) is 7.22. The van der Waals surface area contributed by atoms with Crippen molar-refractivity contribution in [2.45, 2.75) is 19.8 Å². The minimum Gasteiger partial charge on any atom is -0.490 e. The maximum Gasteiger partial charge on any atom is 0.306 e. The standard InChI is InChI=1S/C16H21NO5/c1-2-21-13-5-3-4-6-14(13)22-11-15(18)17-9-7-12(8-10-17)16(19)20/h3-6,12H,2,7-11H2,1H3,(H,19,20). The number of piperidine rings is 1. The largest absolute Gasteiger partial charge is 0.490 e. The molecule has 1 amide bonds. The number of carboxylic acid groups (broad SMARTS) is 1. The maximum atomic E-state index is 12.1. The van der Waals surface area contributed by atoms with E-state index in [9.17, 15) is 9.59 Å². The topological polar surface area (TPSA) is 76.1 Å². The molecule has 0 atom stereocenters. The fourth-order valence-electron chi connectivity index (χ4n) is 2.45. The molecule has 6 nitrogen and oxygen atoms in total. The Morgan fingerprint density at radius 2 is 1.77 bits per heavy atom. The smallest absolute Gasteiger partial charge is 0.306 e. The summed E-state index contributed by atoms with van der Waals surface area (Å²) in [6.07, 6.45) is 0.993. The lowest BCUT2D eigenvalue weighted by atomic mass is 9.97. The Bertz CT molecular complexity index is 523. The summed E-state index contributed by atoms with van der Waals surface area (Å²) in [5, 5.41) is 8.95. The minimum absolute atomic E-state index is 0.0676. The van der Waals surface area contributed by atoms with E-state index in [1.807, 2.05) is 19.1 Å². The molecule has 1 aromatic carbocycles. The highest BCUT2D eigenvalue weighted by Crippen LogP contribution is 2.26. The van der Waals surface area contributed by atoms with Crippen LogP contribution in [0.1, 0.15) is 19.8 Å². The molecule has 120 valence electrons. The van der Waals surface area contributed by atoms with Crippen molar-refractivity contribution in [1.29, 1.82) is 0 Å². The summed E-state index contributed by atoms with van der Waals surface area (Å²) in [5.74, 6) is -0.103. The van der Waals surface area contributed by atoms with Gasteiger partial charge in [0.05, 0.1) is 12.5 Å². The molecule has 0 radical (unpaired) electrons. The van der Waals surface area contributed by atoms with E-state index in [0.717, 1.165) is 0 Å². The zero-order valence-corrected chi connectivity index (χ0v) is 12.7. The number of rotatable bonds is 6. The van der Waals surface area contributed by atoms with Crippen molar-refractivity contribution in [3.05, 3.63) is 24.3 Å². The van der Waals surface area contributed by atoms with E-state index < -0.39 is 5.97 Å². The predicted molar refractivity (Wildman–Crippen MR) is 80.0 cm³/mol. The van der Waals surface area contributed by atoms with Gasteiger partial charge < -0.3 is 19.5 Å². The molecule has 0 bridgehead atoms. The maximum absolute atomic E-state index is 12.1. The molecule has 0 aliphatic carbocycles. The van der Waals surface area contributed by atoms with Gasteiger partial charge in [-0.15, -0.1) is 0 Å². The number of carbonyl (C=O) groups excluding carboxylic acids is 1. The van der Waals surface area contributed by atoms with Gasteiger partial charge in [0.25, 0.3) is 5.91 Å². The molecule has 1 aromatic rings. The van der Waals surface area contributed by atoms with Crippen LogP contribution in [0.2, 0.25) is 0 Å². The third-order valence-electron chi connectivity index (χ3n) is 3.70. The second-order valence-corrected chi connectivity index (χ2v) is 5.16. The van der Waals surface area contributed by atoms with Crippen molar-refractivity contribution in [3.8, 4) is 11.5 Å². The third kappa shape index (κ3) is 4.13. The summed E-state index contributed by atoms with van der Waals surface area (Å²) in [5.41, 5.74) is 0. The zero-order valence-electron chi connectivity index (χ0n) is 12.7. The van der Waals surface area contributed by atoms with E-state index in [4.69, 9.17) is 14.6 Å². The number of benzene rings is 1. The summed E-state index contributed by atoms with van der Waals surface area (Å²) in [7, 11) is 0. The van der Waals surface area contributed by atoms with Crippen molar-refractivity contribution in [3.63, 3.8) is 0 Å². The van der Waals surface area contributed by atoms with E-state index >= 15 is 0 Å². The number of hydrogen-bond acceptors (Lipinski definition) is 4. The number of hydrogen-bond donors (Lipinski definition) is 1. The highest BCUT2D eigenvalue weighted by Gasteiger charge is 2.27. The van der Waals surface area contributed by atoms with E-state index in [-0.39, 0.29) is 18.4 Å². The summed E-state index contributed by atoms with van der Waals surface area (Å²) < 4.78 is 11.0. The van der Waals surface area contributed by atoms with Gasteiger partial charge in [-0.3, -0.25) is 9.59 Å². The molecular weight excluding hydrogens is 286 g/mol. The zero-order chi connectivity index (χ0) is 15.9. The number of para-hydroxylation sites is 2. The Morgan fingerprint density at radius 1 is 1.18 bits per heavy atom. The normalized spacial score (nSPS) is 15.4. The van der Waals surface area contributed by atoms with Crippen LogP contribution in [0.5, 0.6) is 11.5 Å². The SMILES string of the molecule is CCOc1ccccc1OCC(=O)N1CCC(C(=O)O)CC1. The molecule has 6 heteroatoms. The minimum atomic E-state index is -0.783. The summed E-state index contributed by atoms with van der Waals surface area (Å²) >= 11 is 0. The van der Waals surface area contributed by atoms with E-state index in [1.54, 1.807) is 17.0 Å². The number of ether oxygens (including phenoxy) is 2. The quantitative estimate of drug-likeness (QED) is 0.867. The number of aliphatic carboxylic acids is 1. The average Bonchev–Trinajstić information content (AvgIpc) is 2.54. The van der Waals surface area contributed by atoms with Crippen LogP contribution < -0.4 is 9.47 Å². The van der Waals surface area contributed by atoms with Crippen LogP contribution in [0.25, 0.3) is 0 Å². The van der Waals surface area contributed by atoms with E-state index in [0.29, 0.717) is 44.0 Å². The molecule has 0 saturated carbocycles. The summed E-state index contributed by atoms with van der Waals surface area (Å²) in [6.45, 7) is 3.27. The molecule has 22 heavy (non-hydrogen) atoms. The van der Waals surface area contributed by atoms with Crippen LogP contribution in [-0.2, 0) is 9.59 Å². The van der Waals surface area contributed by atoms with Gasteiger partial charge in [-0.25, -0.2) is 0 Å². The van der Waals surface area contributed by atoms with Crippen molar-refractivity contribution in [2.24, 2.45) is 5.92 Å². The van der Waals surface area contributed by atoms with Gasteiger partial charge >= 0.3 is 5.97 Å². The molecule has 1 heterocycles. The molecule has 0 unspecified atom stereocenters. The molecule has 2 rings (SSSR count). The first kappa shape index (κ1) is 16.1. The van der Waals surface area contributed by atoms with Crippen LogP contribution in [-0.4, -0.2) is 48.2 Å². The van der Waals surface area contributed by atoms with E-state index in [1.165, 1.54) is 0 Å². The average molecular weight is 307 g/mol. The van der Waals surface area contributed by atoms with Crippen LogP contribution in [0, 0.1) is 5.92 Å². The molecule has 1 aliphatic heterocycles. The fraction of sp³-hybridized carbons (Fsp3) is 0.500. The highest BCUT2D eigenvalue weighted by molar-refractivity contribution is 5.78. The monoisotopic (exact) mass is 307 g/mol. The van der Waals surface area contributed by atoms with Crippen LogP contribution in [0.4, 0.5) is 0 Å². The van der Waals surface area contributed by atoms with Gasteiger partial charge in [0.15, 0.2) is 18.1 Å². The van der Waals surface area contributed by atoms with Gasteiger partial charge in [-0.05, 0) is 31.9 Å². The van der Waals surface area contributed by atoms with Crippen molar-refractivity contribution in [2.75, 3.05) is 26.3 Å². The first-order valence-corrected chi connectivity index (χ1v) is 7.47. The lowest BCUT2D eigenvalue weighted by Gasteiger charge is -2.30. The van der Waals surface area contributed by atoms with Crippen LogP contribution >= 0.6 is 0 Å². The Labute approximate surface area is 129 Å². The van der Waals surface area contributed by atoms with Crippen molar-refractivity contribution < 1.29 is 24.2 Å². The Kier molecular flexibility index (Phi) is 5.63. The number of carboxylic acids is 1. The lowest BCUT2D eigenvalue weighted by molar-refractivity contribution is -0.146. The third-order valence-corrected chi connectivity index (χ3v) is 3.70. The first-order valence-electron chi connectivity index (χ1n) is 7.47. The molecule has 0 aromatic heterocycles. The second-order valence-electron chi connectivity index (χ2n) is 5.16. The molecule has 1 fully saturated rings. The Hall–Kier alpha value is -2.24. The number of likely N-dealkylation sites (tertiary alicyclic amines) is 1. The highest BCUT2D eigenvalue weighted by atomic mass is 16.5. The first-order chi connectivity index (χ1) is 10.6. The van der Waals surface area contributed by atoms with Gasteiger partial charge in [-0.2, -0.15) is 0 Å². The number of carbonyl (C=O) groups is 2. The lowest BCUT2D eigenvalue weighted by Crippen LogP contribution is -2.42. The fourth-order valence-corrected chi connectivity index (χ4v) is 2.45. The summed E-state index contributed by atoms with van der Waals surface area (Å²) in [4.78, 5) is 24.7. The second kappa shape index (κ2) is 7.68. The number of amides is 1. The Morgan fingerprint density at radius 3 is 2.32 bits per heavy atom. The number of nitrogens with zero attached hydrogens (tertiary/aromatic N) is 1. The van der Waals surface area contributed by atoms with Gasteiger partial charge in [0.2, 0.25) is 0 Å². The van der Waals surface area contributed by atoms with Crippen molar-refractivity contribution in [1.82, 2.24) is 4.90 Å². The molecule has 1 saturated heterocycles. The Balaban J connectivity index is 1.85. The molecule has 0 spiro atoms.